The molecule has 1 heterocycles. The third-order valence-electron chi connectivity index (χ3n) is 3.04. The number of fused-ring (bicyclic) bond motifs is 1. The molecule has 2 rings (SSSR count). The summed E-state index contributed by atoms with van der Waals surface area (Å²) in [6.45, 7) is 6.93. The van der Waals surface area contributed by atoms with Gasteiger partial charge in [0, 0.05) is 14.1 Å². The van der Waals surface area contributed by atoms with E-state index in [1.165, 1.54) is 4.70 Å². The summed E-state index contributed by atoms with van der Waals surface area (Å²) in [6, 6.07) is 6.09. The maximum Gasteiger partial charge on any atom is 0.185 e. The Bertz CT molecular complexity index is 544. The Kier molecular flexibility index (Phi) is 8.97. The summed E-state index contributed by atoms with van der Waals surface area (Å²) in [5.74, 6) is 0.911. The van der Waals surface area contributed by atoms with E-state index >= 15 is 0 Å². The summed E-state index contributed by atoms with van der Waals surface area (Å²) in [7, 11) is 4.02. The van der Waals surface area contributed by atoms with Gasteiger partial charge >= 0.3 is 0 Å². The second-order valence-corrected chi connectivity index (χ2v) is 5.61. The molecule has 0 amide bonds. The fourth-order valence-corrected chi connectivity index (χ4v) is 2.66. The molecule has 0 fully saturated rings. The van der Waals surface area contributed by atoms with Crippen LogP contribution in [0.25, 0.3) is 10.2 Å². The largest absolute Gasteiger partial charge is 0.478 e. The van der Waals surface area contributed by atoms with Crippen LogP contribution in [-0.4, -0.2) is 43.8 Å². The van der Waals surface area contributed by atoms with E-state index in [-0.39, 0.29) is 24.8 Å². The Morgan fingerprint density at radius 2 is 1.81 bits per heavy atom. The van der Waals surface area contributed by atoms with E-state index in [9.17, 15) is 0 Å². The minimum atomic E-state index is 0. The maximum atomic E-state index is 5.82. The Labute approximate surface area is 142 Å². The summed E-state index contributed by atoms with van der Waals surface area (Å²) >= 11 is 1.69. The van der Waals surface area contributed by atoms with Gasteiger partial charge in [0.1, 0.15) is 12.5 Å². The maximum absolute atomic E-state index is 5.82. The molecule has 0 aliphatic rings. The smallest absolute Gasteiger partial charge is 0.185 e. The van der Waals surface area contributed by atoms with Crippen LogP contribution in [0, 0.1) is 0 Å². The van der Waals surface area contributed by atoms with Crippen molar-refractivity contribution in [2.24, 2.45) is 0 Å². The van der Waals surface area contributed by atoms with Crippen molar-refractivity contribution in [1.82, 2.24) is 9.88 Å². The van der Waals surface area contributed by atoms with Crippen LogP contribution in [0.4, 0.5) is 5.13 Å². The number of hydrogen-bond acceptors (Lipinski definition) is 5. The molecule has 4 nitrogen and oxygen atoms in total. The van der Waals surface area contributed by atoms with Gasteiger partial charge < -0.3 is 9.64 Å². The first-order chi connectivity index (χ1) is 9.13. The van der Waals surface area contributed by atoms with E-state index in [0.29, 0.717) is 6.73 Å². The second-order valence-electron chi connectivity index (χ2n) is 4.60. The van der Waals surface area contributed by atoms with Gasteiger partial charge in [-0.15, -0.1) is 24.8 Å². The van der Waals surface area contributed by atoms with Crippen LogP contribution in [0.3, 0.4) is 0 Å². The van der Waals surface area contributed by atoms with Crippen LogP contribution < -0.4 is 9.64 Å². The Morgan fingerprint density at radius 3 is 2.38 bits per heavy atom. The van der Waals surface area contributed by atoms with Crippen LogP contribution in [-0.2, 0) is 0 Å². The first-order valence-electron chi connectivity index (χ1n) is 6.57. The molecule has 0 spiro atoms. The zero-order chi connectivity index (χ0) is 13.8. The lowest BCUT2D eigenvalue weighted by Crippen LogP contribution is -2.27. The summed E-state index contributed by atoms with van der Waals surface area (Å²) in [5.41, 5.74) is 1.03. The standard InChI is InChI=1S/C14H21N3OS.2ClH/c1-5-17(6-2)10-18-11-7-8-12-13(9-11)19-14(15-12)16(3)4;;/h7-9H,5-6,10H2,1-4H3;2*1H. The third-order valence-corrected chi connectivity index (χ3v) is 4.23. The highest BCUT2D eigenvalue weighted by Gasteiger charge is 2.07. The van der Waals surface area contributed by atoms with Crippen molar-refractivity contribution < 1.29 is 4.74 Å². The molecule has 1 aromatic heterocycles. The van der Waals surface area contributed by atoms with E-state index < -0.39 is 0 Å². The molecule has 0 bridgehead atoms. The highest BCUT2D eigenvalue weighted by Crippen LogP contribution is 2.30. The molecule has 7 heteroatoms. The summed E-state index contributed by atoms with van der Waals surface area (Å²) in [4.78, 5) is 8.83. The normalized spacial score (nSPS) is 10.1. The van der Waals surface area contributed by atoms with E-state index in [1.54, 1.807) is 11.3 Å². The lowest BCUT2D eigenvalue weighted by molar-refractivity contribution is 0.138. The van der Waals surface area contributed by atoms with Crippen molar-refractivity contribution in [2.75, 3.05) is 38.8 Å². The minimum Gasteiger partial charge on any atom is -0.478 e. The molecule has 0 saturated carbocycles. The molecule has 0 aliphatic carbocycles. The molecular formula is C14H23Cl2N3OS. The van der Waals surface area contributed by atoms with Gasteiger partial charge in [0.15, 0.2) is 5.13 Å². The molecule has 0 radical (unpaired) electrons. The van der Waals surface area contributed by atoms with Crippen molar-refractivity contribution in [3.05, 3.63) is 18.2 Å². The summed E-state index contributed by atoms with van der Waals surface area (Å²) in [5, 5.41) is 1.02. The summed E-state index contributed by atoms with van der Waals surface area (Å²) in [6.07, 6.45) is 0. The highest BCUT2D eigenvalue weighted by molar-refractivity contribution is 7.22. The van der Waals surface area contributed by atoms with Gasteiger partial charge in [0.25, 0.3) is 0 Å². The number of aromatic nitrogens is 1. The van der Waals surface area contributed by atoms with Gasteiger partial charge in [-0.25, -0.2) is 4.98 Å². The number of anilines is 1. The van der Waals surface area contributed by atoms with E-state index in [0.717, 1.165) is 29.5 Å². The average Bonchev–Trinajstić information content (AvgIpc) is 2.83. The molecule has 0 atom stereocenters. The fraction of sp³-hybridized carbons (Fsp3) is 0.500. The number of nitrogens with zero attached hydrogens (tertiary/aromatic N) is 3. The Hall–Kier alpha value is -0.750. The van der Waals surface area contributed by atoms with Crippen molar-refractivity contribution in [1.29, 1.82) is 0 Å². The van der Waals surface area contributed by atoms with Gasteiger partial charge in [-0.3, -0.25) is 4.90 Å². The second kappa shape index (κ2) is 9.30. The molecular weight excluding hydrogens is 329 g/mol. The van der Waals surface area contributed by atoms with Crippen molar-refractivity contribution in [3.8, 4) is 5.75 Å². The number of thiazole rings is 1. The molecule has 0 aliphatic heterocycles. The van der Waals surface area contributed by atoms with Crippen LogP contribution in [0.5, 0.6) is 5.75 Å². The molecule has 2 aromatic rings. The SMILES string of the molecule is CCN(CC)COc1ccc2nc(N(C)C)sc2c1.Cl.Cl. The first kappa shape index (κ1) is 20.2. The van der Waals surface area contributed by atoms with Crippen LogP contribution in [0.15, 0.2) is 18.2 Å². The van der Waals surface area contributed by atoms with Gasteiger partial charge in [-0.2, -0.15) is 0 Å². The van der Waals surface area contributed by atoms with Gasteiger partial charge in [0.2, 0.25) is 0 Å². The first-order valence-corrected chi connectivity index (χ1v) is 7.38. The number of benzene rings is 1. The van der Waals surface area contributed by atoms with E-state index in [2.05, 4.69) is 29.8 Å². The molecule has 21 heavy (non-hydrogen) atoms. The van der Waals surface area contributed by atoms with Crippen LogP contribution >= 0.6 is 36.2 Å². The highest BCUT2D eigenvalue weighted by atomic mass is 35.5. The lowest BCUT2D eigenvalue weighted by atomic mass is 10.3. The molecule has 0 N–H and O–H groups in total. The van der Waals surface area contributed by atoms with Crippen LogP contribution in [0.1, 0.15) is 13.8 Å². The van der Waals surface area contributed by atoms with Crippen molar-refractivity contribution >= 4 is 51.5 Å². The fourth-order valence-electron chi connectivity index (χ4n) is 1.75. The van der Waals surface area contributed by atoms with Crippen LogP contribution in [0.2, 0.25) is 0 Å². The number of halogens is 2. The molecule has 1 aromatic carbocycles. The quantitative estimate of drug-likeness (QED) is 0.738. The molecule has 0 saturated heterocycles. The zero-order valence-corrected chi connectivity index (χ0v) is 15.3. The molecule has 0 unspecified atom stereocenters. The average molecular weight is 352 g/mol. The third kappa shape index (κ3) is 5.18. The van der Waals surface area contributed by atoms with Gasteiger partial charge in [-0.1, -0.05) is 25.2 Å². The van der Waals surface area contributed by atoms with Crippen molar-refractivity contribution in [3.63, 3.8) is 0 Å². The minimum absolute atomic E-state index is 0. The van der Waals surface area contributed by atoms with Gasteiger partial charge in [0.05, 0.1) is 10.2 Å². The summed E-state index contributed by atoms with van der Waals surface area (Å²) < 4.78 is 6.99. The monoisotopic (exact) mass is 351 g/mol. The molecule has 120 valence electrons. The number of rotatable bonds is 6. The number of hydrogen-bond donors (Lipinski definition) is 0. The topological polar surface area (TPSA) is 28.6 Å². The van der Waals surface area contributed by atoms with Gasteiger partial charge in [-0.05, 0) is 31.3 Å². The lowest BCUT2D eigenvalue weighted by Gasteiger charge is -2.18. The predicted molar refractivity (Wildman–Crippen MR) is 96.9 cm³/mol. The van der Waals surface area contributed by atoms with Crippen molar-refractivity contribution in [2.45, 2.75) is 13.8 Å². The van der Waals surface area contributed by atoms with E-state index in [1.807, 2.05) is 31.1 Å². The Balaban J connectivity index is 0.00000200. The predicted octanol–water partition coefficient (Wildman–Crippen LogP) is 3.88. The zero-order valence-electron chi connectivity index (χ0n) is 12.8. The Morgan fingerprint density at radius 1 is 1.14 bits per heavy atom. The number of ether oxygens (including phenoxy) is 1. The van der Waals surface area contributed by atoms with E-state index in [4.69, 9.17) is 4.74 Å².